The molecule has 0 radical (unpaired) electrons. The highest BCUT2D eigenvalue weighted by atomic mass is 16.1. The van der Waals surface area contributed by atoms with E-state index < -0.39 is 0 Å². The Morgan fingerprint density at radius 3 is 3.00 bits per heavy atom. The number of carbonyl (C=O) groups is 1. The molecule has 0 aromatic carbocycles. The Bertz CT molecular complexity index is 219. The molecule has 2 rings (SSSR count). The van der Waals surface area contributed by atoms with Gasteiger partial charge >= 0.3 is 0 Å². The normalized spacial score (nSPS) is 44.1. The van der Waals surface area contributed by atoms with E-state index in [0.717, 1.165) is 12.3 Å². The van der Waals surface area contributed by atoms with Crippen LogP contribution in [0, 0.1) is 23.7 Å². The van der Waals surface area contributed by atoms with Gasteiger partial charge in [-0.05, 0) is 30.6 Å². The van der Waals surface area contributed by atoms with Crippen LogP contribution in [0.15, 0.2) is 12.2 Å². The lowest BCUT2D eigenvalue weighted by atomic mass is 9.64. The summed E-state index contributed by atoms with van der Waals surface area (Å²) in [5, 5.41) is 0. The Morgan fingerprint density at radius 1 is 1.38 bits per heavy atom. The number of allylic oxidation sites excluding steroid dienone is 2. The predicted octanol–water partition coefficient (Wildman–Crippen LogP) is 2.81. The molecule has 2 aliphatic rings. The van der Waals surface area contributed by atoms with Crippen molar-refractivity contribution in [2.45, 2.75) is 32.6 Å². The van der Waals surface area contributed by atoms with Gasteiger partial charge in [0.25, 0.3) is 0 Å². The van der Waals surface area contributed by atoms with Gasteiger partial charge in [-0.1, -0.05) is 31.9 Å². The summed E-state index contributed by atoms with van der Waals surface area (Å²) in [7, 11) is 0. The van der Waals surface area contributed by atoms with Gasteiger partial charge in [0, 0.05) is 5.92 Å². The molecule has 1 fully saturated rings. The quantitative estimate of drug-likeness (QED) is 0.446. The summed E-state index contributed by atoms with van der Waals surface area (Å²) in [4.78, 5) is 10.9. The van der Waals surface area contributed by atoms with Crippen LogP contribution in [0.3, 0.4) is 0 Å². The van der Waals surface area contributed by atoms with Crippen molar-refractivity contribution >= 4 is 6.29 Å². The topological polar surface area (TPSA) is 17.1 Å². The molecule has 0 spiro atoms. The van der Waals surface area contributed by atoms with Crippen LogP contribution in [0.5, 0.6) is 0 Å². The van der Waals surface area contributed by atoms with Crippen LogP contribution in [-0.4, -0.2) is 6.29 Å². The maximum absolute atomic E-state index is 10.9. The van der Waals surface area contributed by atoms with Gasteiger partial charge in [-0.2, -0.15) is 0 Å². The first-order chi connectivity index (χ1) is 6.33. The molecule has 0 heterocycles. The molecule has 0 aromatic heterocycles. The van der Waals surface area contributed by atoms with E-state index in [9.17, 15) is 4.79 Å². The van der Waals surface area contributed by atoms with Crippen molar-refractivity contribution < 1.29 is 4.79 Å². The maximum atomic E-state index is 10.9. The summed E-state index contributed by atoms with van der Waals surface area (Å²) >= 11 is 0. The Hall–Kier alpha value is -0.590. The van der Waals surface area contributed by atoms with Crippen molar-refractivity contribution in [3.63, 3.8) is 0 Å². The third kappa shape index (κ3) is 1.56. The van der Waals surface area contributed by atoms with Crippen molar-refractivity contribution in [3.8, 4) is 0 Å². The van der Waals surface area contributed by atoms with Gasteiger partial charge < -0.3 is 4.79 Å². The van der Waals surface area contributed by atoms with Crippen molar-refractivity contribution in [1.29, 1.82) is 0 Å². The van der Waals surface area contributed by atoms with Gasteiger partial charge in [0.1, 0.15) is 6.29 Å². The van der Waals surface area contributed by atoms with E-state index in [1.54, 1.807) is 0 Å². The van der Waals surface area contributed by atoms with Gasteiger partial charge in [0.05, 0.1) is 0 Å². The smallest absolute Gasteiger partial charge is 0.123 e. The number of aldehydes is 1. The molecule has 1 saturated carbocycles. The molecule has 0 aliphatic heterocycles. The number of hydrogen-bond donors (Lipinski definition) is 0. The SMILES string of the molecule is C[C@H]1CCC[C@@H]2C=CC[C@H](C=O)[C@@H]12. The Balaban J connectivity index is 2.18. The van der Waals surface area contributed by atoms with E-state index in [0.29, 0.717) is 17.8 Å². The number of fused-ring (bicyclic) bond motifs is 1. The fourth-order valence-corrected chi connectivity index (χ4v) is 3.16. The predicted molar refractivity (Wildman–Crippen MR) is 53.3 cm³/mol. The maximum Gasteiger partial charge on any atom is 0.123 e. The first-order valence-electron chi connectivity index (χ1n) is 5.45. The van der Waals surface area contributed by atoms with Crippen molar-refractivity contribution in [1.82, 2.24) is 0 Å². The molecule has 2 aliphatic carbocycles. The van der Waals surface area contributed by atoms with E-state index in [1.807, 2.05) is 0 Å². The first-order valence-corrected chi connectivity index (χ1v) is 5.45. The second kappa shape index (κ2) is 3.65. The molecule has 0 unspecified atom stereocenters. The van der Waals surface area contributed by atoms with Crippen LogP contribution in [0.1, 0.15) is 32.6 Å². The fraction of sp³-hybridized carbons (Fsp3) is 0.750. The highest BCUT2D eigenvalue weighted by Gasteiger charge is 2.36. The van der Waals surface area contributed by atoms with Crippen molar-refractivity contribution in [2.24, 2.45) is 23.7 Å². The molecule has 4 atom stereocenters. The summed E-state index contributed by atoms with van der Waals surface area (Å²) in [5.41, 5.74) is 0. The van der Waals surface area contributed by atoms with Crippen LogP contribution in [-0.2, 0) is 4.79 Å². The summed E-state index contributed by atoms with van der Waals surface area (Å²) in [6.45, 7) is 2.31. The zero-order chi connectivity index (χ0) is 9.26. The zero-order valence-electron chi connectivity index (χ0n) is 8.28. The highest BCUT2D eigenvalue weighted by Crippen LogP contribution is 2.43. The molecule has 72 valence electrons. The first kappa shape index (κ1) is 8.98. The second-order valence-corrected chi connectivity index (χ2v) is 4.61. The van der Waals surface area contributed by atoms with Crippen molar-refractivity contribution in [2.75, 3.05) is 0 Å². The largest absolute Gasteiger partial charge is 0.303 e. The van der Waals surface area contributed by atoms with E-state index in [-0.39, 0.29) is 0 Å². The van der Waals surface area contributed by atoms with E-state index in [1.165, 1.54) is 25.5 Å². The lowest BCUT2D eigenvalue weighted by molar-refractivity contribution is -0.114. The molecule has 13 heavy (non-hydrogen) atoms. The highest BCUT2D eigenvalue weighted by molar-refractivity contribution is 5.55. The Morgan fingerprint density at radius 2 is 2.23 bits per heavy atom. The lowest BCUT2D eigenvalue weighted by Gasteiger charge is -2.40. The van der Waals surface area contributed by atoms with Crippen molar-refractivity contribution in [3.05, 3.63) is 12.2 Å². The number of carbonyl (C=O) groups excluding carboxylic acids is 1. The van der Waals surface area contributed by atoms with E-state index >= 15 is 0 Å². The zero-order valence-corrected chi connectivity index (χ0v) is 8.28. The lowest BCUT2D eigenvalue weighted by Crippen LogP contribution is -2.34. The molecule has 1 nitrogen and oxygen atoms in total. The minimum Gasteiger partial charge on any atom is -0.303 e. The Kier molecular flexibility index (Phi) is 2.52. The molecule has 0 bridgehead atoms. The fourth-order valence-electron chi connectivity index (χ4n) is 3.16. The summed E-state index contributed by atoms with van der Waals surface area (Å²) in [6, 6.07) is 0. The van der Waals surface area contributed by atoms with Crippen LogP contribution < -0.4 is 0 Å². The number of hydrogen-bond acceptors (Lipinski definition) is 1. The third-order valence-corrected chi connectivity index (χ3v) is 3.81. The molecule has 0 saturated heterocycles. The minimum atomic E-state index is 0.310. The summed E-state index contributed by atoms with van der Waals surface area (Å²) in [6.07, 6.45) is 10.7. The molecule has 0 amide bonds. The van der Waals surface area contributed by atoms with Crippen LogP contribution >= 0.6 is 0 Å². The van der Waals surface area contributed by atoms with E-state index in [2.05, 4.69) is 19.1 Å². The monoisotopic (exact) mass is 178 g/mol. The molecule has 1 heteroatoms. The van der Waals surface area contributed by atoms with Gasteiger partial charge in [0.15, 0.2) is 0 Å². The third-order valence-electron chi connectivity index (χ3n) is 3.81. The van der Waals surface area contributed by atoms with Crippen LogP contribution in [0.25, 0.3) is 0 Å². The standard InChI is InChI=1S/C12H18O/c1-9-4-2-5-10-6-3-7-11(8-13)12(9)10/h3,6,8-12H,2,4-5,7H2,1H3/t9-,10+,11+,12-/m0/s1. The second-order valence-electron chi connectivity index (χ2n) is 4.61. The van der Waals surface area contributed by atoms with E-state index in [4.69, 9.17) is 0 Å². The molecule has 0 N–H and O–H groups in total. The molecular weight excluding hydrogens is 160 g/mol. The molecule has 0 aromatic rings. The van der Waals surface area contributed by atoms with Gasteiger partial charge in [-0.15, -0.1) is 0 Å². The van der Waals surface area contributed by atoms with Gasteiger partial charge in [-0.25, -0.2) is 0 Å². The van der Waals surface area contributed by atoms with Gasteiger partial charge in [0.2, 0.25) is 0 Å². The van der Waals surface area contributed by atoms with Gasteiger partial charge in [-0.3, -0.25) is 0 Å². The Labute approximate surface area is 80.2 Å². The summed E-state index contributed by atoms with van der Waals surface area (Å²) in [5.74, 6) is 2.41. The van der Waals surface area contributed by atoms with Crippen LogP contribution in [0.4, 0.5) is 0 Å². The minimum absolute atomic E-state index is 0.310. The molecular formula is C12H18O. The van der Waals surface area contributed by atoms with Crippen LogP contribution in [0.2, 0.25) is 0 Å². The number of rotatable bonds is 1. The summed E-state index contributed by atoms with van der Waals surface area (Å²) < 4.78 is 0. The average Bonchev–Trinajstić information content (AvgIpc) is 2.17. The average molecular weight is 178 g/mol.